The third-order valence-electron chi connectivity index (χ3n) is 3.28. The molecule has 2 aromatic rings. The van der Waals surface area contributed by atoms with Crippen LogP contribution < -0.4 is 5.32 Å². The number of nitrogens with zero attached hydrogens (tertiary/aromatic N) is 1. The standard InChI is InChI=1S/C14H12ClF3N2O4S/c1-7-5-12(24-20-7)19-13(21)8(2)25(22,23)9-3-4-11(15)10(6-9)14(16,17)18/h3-6,8H,1-2H3,(H,19,21)/t8-/m1/s1. The Hall–Kier alpha value is -2.07. The molecule has 1 aromatic carbocycles. The molecule has 6 nitrogen and oxygen atoms in total. The Kier molecular flexibility index (Phi) is 5.14. The van der Waals surface area contributed by atoms with Gasteiger partial charge >= 0.3 is 6.18 Å². The average Bonchev–Trinajstić information content (AvgIpc) is 2.90. The molecule has 0 saturated heterocycles. The summed E-state index contributed by atoms with van der Waals surface area (Å²) in [6.45, 7) is 2.64. The zero-order chi connectivity index (χ0) is 19.0. The molecule has 0 bridgehead atoms. The van der Waals surface area contributed by atoms with Crippen LogP contribution in [-0.2, 0) is 20.8 Å². The Balaban J connectivity index is 2.32. The number of alkyl halides is 3. The molecule has 136 valence electrons. The number of sulfone groups is 1. The van der Waals surface area contributed by atoms with E-state index in [0.29, 0.717) is 11.8 Å². The highest BCUT2D eigenvalue weighted by molar-refractivity contribution is 7.92. The van der Waals surface area contributed by atoms with Crippen molar-refractivity contribution in [2.45, 2.75) is 30.2 Å². The van der Waals surface area contributed by atoms with E-state index in [1.165, 1.54) is 6.07 Å². The first kappa shape index (κ1) is 19.3. The molecule has 0 radical (unpaired) electrons. The molecule has 1 amide bonds. The zero-order valence-corrected chi connectivity index (χ0v) is 14.5. The lowest BCUT2D eigenvalue weighted by Crippen LogP contribution is -2.32. The summed E-state index contributed by atoms with van der Waals surface area (Å²) >= 11 is 5.47. The number of aryl methyl sites for hydroxylation is 1. The molecule has 2 rings (SSSR count). The van der Waals surface area contributed by atoms with E-state index < -0.39 is 42.7 Å². The maximum absolute atomic E-state index is 12.9. The fraction of sp³-hybridized carbons (Fsp3) is 0.286. The van der Waals surface area contributed by atoms with E-state index in [0.717, 1.165) is 19.1 Å². The van der Waals surface area contributed by atoms with Crippen LogP contribution in [0.15, 0.2) is 33.7 Å². The number of amides is 1. The second-order valence-corrected chi connectivity index (χ2v) is 7.82. The first-order valence-electron chi connectivity index (χ1n) is 6.77. The normalized spacial score (nSPS) is 13.5. The maximum atomic E-state index is 12.9. The van der Waals surface area contributed by atoms with Crippen LogP contribution in [0.25, 0.3) is 0 Å². The lowest BCUT2D eigenvalue weighted by atomic mass is 10.2. The molecule has 0 aliphatic carbocycles. The van der Waals surface area contributed by atoms with Crippen LogP contribution in [-0.4, -0.2) is 24.7 Å². The minimum Gasteiger partial charge on any atom is -0.338 e. The van der Waals surface area contributed by atoms with Crippen molar-refractivity contribution in [3.8, 4) is 0 Å². The van der Waals surface area contributed by atoms with Gasteiger partial charge < -0.3 is 4.52 Å². The molecule has 25 heavy (non-hydrogen) atoms. The van der Waals surface area contributed by atoms with Gasteiger partial charge in [-0.25, -0.2) is 8.42 Å². The Morgan fingerprint density at radius 2 is 1.96 bits per heavy atom. The predicted molar refractivity (Wildman–Crippen MR) is 83.0 cm³/mol. The van der Waals surface area contributed by atoms with Gasteiger partial charge in [-0.2, -0.15) is 13.2 Å². The minimum absolute atomic E-state index is 0.0726. The number of carbonyl (C=O) groups excluding carboxylic acids is 1. The first-order chi connectivity index (χ1) is 11.4. The van der Waals surface area contributed by atoms with Gasteiger partial charge in [-0.05, 0) is 32.0 Å². The SMILES string of the molecule is Cc1cc(NC(=O)[C@@H](C)S(=O)(=O)c2ccc(Cl)c(C(F)(F)F)c2)on1. The van der Waals surface area contributed by atoms with Gasteiger partial charge in [-0.3, -0.25) is 10.1 Å². The molecule has 1 atom stereocenters. The van der Waals surface area contributed by atoms with E-state index in [2.05, 4.69) is 10.5 Å². The molecular formula is C14H12ClF3N2O4S. The average molecular weight is 397 g/mol. The van der Waals surface area contributed by atoms with Gasteiger partial charge in [0.2, 0.25) is 11.8 Å². The monoisotopic (exact) mass is 396 g/mol. The lowest BCUT2D eigenvalue weighted by Gasteiger charge is -2.14. The van der Waals surface area contributed by atoms with E-state index in [1.54, 1.807) is 6.92 Å². The summed E-state index contributed by atoms with van der Waals surface area (Å²) in [6.07, 6.45) is -4.83. The Morgan fingerprint density at radius 1 is 1.32 bits per heavy atom. The molecule has 0 spiro atoms. The van der Waals surface area contributed by atoms with E-state index in [9.17, 15) is 26.4 Å². The summed E-state index contributed by atoms with van der Waals surface area (Å²) in [5, 5.41) is 3.41. The number of hydrogen-bond donors (Lipinski definition) is 1. The molecule has 11 heteroatoms. The third kappa shape index (κ3) is 4.13. The van der Waals surface area contributed by atoms with Gasteiger partial charge in [0.1, 0.15) is 5.25 Å². The van der Waals surface area contributed by atoms with Crippen LogP contribution in [0.2, 0.25) is 5.02 Å². The van der Waals surface area contributed by atoms with Gasteiger partial charge in [0, 0.05) is 6.07 Å². The predicted octanol–water partition coefficient (Wildman–Crippen LogP) is 3.46. The van der Waals surface area contributed by atoms with Crippen LogP contribution in [0.1, 0.15) is 18.2 Å². The number of halogens is 4. The summed E-state index contributed by atoms with van der Waals surface area (Å²) in [4.78, 5) is 11.4. The summed E-state index contributed by atoms with van der Waals surface area (Å²) < 4.78 is 68.3. The van der Waals surface area contributed by atoms with Crippen molar-refractivity contribution in [1.29, 1.82) is 0 Å². The fourth-order valence-corrected chi connectivity index (χ4v) is 3.40. The summed E-state index contributed by atoms with van der Waals surface area (Å²) in [5.74, 6) is -1.05. The smallest absolute Gasteiger partial charge is 0.338 e. The quantitative estimate of drug-likeness (QED) is 0.854. The van der Waals surface area contributed by atoms with Gasteiger partial charge in [0.25, 0.3) is 0 Å². The Morgan fingerprint density at radius 3 is 2.48 bits per heavy atom. The Labute approximate surface area is 145 Å². The molecule has 0 aliphatic heterocycles. The third-order valence-corrected chi connectivity index (χ3v) is 5.67. The van der Waals surface area contributed by atoms with Crippen molar-refractivity contribution in [3.05, 3.63) is 40.5 Å². The molecule has 0 saturated carbocycles. The van der Waals surface area contributed by atoms with Crippen molar-refractivity contribution < 1.29 is 30.9 Å². The van der Waals surface area contributed by atoms with E-state index in [4.69, 9.17) is 16.1 Å². The second-order valence-electron chi connectivity index (χ2n) is 5.15. The molecular weight excluding hydrogens is 385 g/mol. The van der Waals surface area contributed by atoms with Crippen molar-refractivity contribution in [3.63, 3.8) is 0 Å². The van der Waals surface area contributed by atoms with E-state index >= 15 is 0 Å². The van der Waals surface area contributed by atoms with Crippen molar-refractivity contribution in [2.75, 3.05) is 5.32 Å². The number of anilines is 1. The van der Waals surface area contributed by atoms with Crippen molar-refractivity contribution >= 4 is 33.2 Å². The van der Waals surface area contributed by atoms with Gasteiger partial charge in [0.05, 0.1) is 21.2 Å². The molecule has 0 fully saturated rings. The first-order valence-corrected chi connectivity index (χ1v) is 8.70. The highest BCUT2D eigenvalue weighted by atomic mass is 35.5. The van der Waals surface area contributed by atoms with Gasteiger partial charge in [0.15, 0.2) is 9.84 Å². The topological polar surface area (TPSA) is 89.3 Å². The Bertz CT molecular complexity index is 909. The van der Waals surface area contributed by atoms with Crippen LogP contribution in [0.4, 0.5) is 19.1 Å². The van der Waals surface area contributed by atoms with Crippen molar-refractivity contribution in [2.24, 2.45) is 0 Å². The highest BCUT2D eigenvalue weighted by Crippen LogP contribution is 2.36. The summed E-state index contributed by atoms with van der Waals surface area (Å²) in [7, 11) is -4.38. The number of hydrogen-bond acceptors (Lipinski definition) is 5. The van der Waals surface area contributed by atoms with Gasteiger partial charge in [-0.15, -0.1) is 0 Å². The minimum atomic E-state index is -4.83. The number of rotatable bonds is 4. The van der Waals surface area contributed by atoms with Crippen LogP contribution >= 0.6 is 11.6 Å². The number of aromatic nitrogens is 1. The van der Waals surface area contributed by atoms with E-state index in [-0.39, 0.29) is 5.88 Å². The molecule has 0 unspecified atom stereocenters. The fourth-order valence-electron chi connectivity index (χ4n) is 1.89. The second kappa shape index (κ2) is 6.68. The molecule has 1 heterocycles. The summed E-state index contributed by atoms with van der Waals surface area (Å²) in [5.41, 5.74) is -0.841. The van der Waals surface area contributed by atoms with E-state index in [1.807, 2.05) is 0 Å². The lowest BCUT2D eigenvalue weighted by molar-refractivity contribution is -0.137. The number of nitrogens with one attached hydrogen (secondary N) is 1. The molecule has 1 aromatic heterocycles. The molecule has 1 N–H and O–H groups in total. The van der Waals surface area contributed by atoms with Crippen LogP contribution in [0.3, 0.4) is 0 Å². The van der Waals surface area contributed by atoms with Crippen LogP contribution in [0.5, 0.6) is 0 Å². The highest BCUT2D eigenvalue weighted by Gasteiger charge is 2.36. The zero-order valence-electron chi connectivity index (χ0n) is 12.9. The summed E-state index contributed by atoms with van der Waals surface area (Å²) in [6, 6.07) is 3.50. The maximum Gasteiger partial charge on any atom is 0.417 e. The number of carbonyl (C=O) groups is 1. The van der Waals surface area contributed by atoms with Crippen LogP contribution in [0, 0.1) is 6.92 Å². The van der Waals surface area contributed by atoms with Gasteiger partial charge in [-0.1, -0.05) is 16.8 Å². The largest absolute Gasteiger partial charge is 0.417 e. The van der Waals surface area contributed by atoms with Crippen molar-refractivity contribution in [1.82, 2.24) is 5.16 Å². The molecule has 0 aliphatic rings. The number of benzene rings is 1.